The maximum atomic E-state index is 9.61. The van der Waals surface area contributed by atoms with Crippen LogP contribution < -0.4 is 0 Å². The van der Waals surface area contributed by atoms with Crippen molar-refractivity contribution in [3.8, 4) is 0 Å². The number of fused-ring (bicyclic) bond motifs is 1. The minimum absolute atomic E-state index is 0.178. The molecule has 1 N–H and O–H groups in total. The second-order valence-corrected chi connectivity index (χ2v) is 4.88. The number of hydrogen-bond donors (Lipinski definition) is 1. The van der Waals surface area contributed by atoms with Gasteiger partial charge in [0.25, 0.3) is 0 Å². The van der Waals surface area contributed by atoms with Gasteiger partial charge in [-0.15, -0.1) is 0 Å². The summed E-state index contributed by atoms with van der Waals surface area (Å²) in [5.41, 5.74) is 1.23. The molecule has 17 heavy (non-hydrogen) atoms. The van der Waals surface area contributed by atoms with Crippen molar-refractivity contribution in [2.75, 3.05) is 0 Å². The average Bonchev–Trinajstić information content (AvgIpc) is 2.71. The quantitative estimate of drug-likeness (QED) is 0.845. The largest absolute Gasteiger partial charge is 0.475 e. The van der Waals surface area contributed by atoms with Crippen LogP contribution in [0.5, 0.6) is 0 Å². The van der Waals surface area contributed by atoms with Crippen molar-refractivity contribution in [2.24, 2.45) is 4.99 Å². The van der Waals surface area contributed by atoms with Crippen LogP contribution in [0.2, 0.25) is 0 Å². The predicted octanol–water partition coefficient (Wildman–Crippen LogP) is 1.94. The van der Waals surface area contributed by atoms with E-state index in [0.29, 0.717) is 0 Å². The number of nitrogens with zero attached hydrogens (tertiary/aromatic N) is 1. The molecule has 2 aliphatic rings. The summed E-state index contributed by atoms with van der Waals surface area (Å²) in [7, 11) is 0. The number of aliphatic hydroxyl groups is 1. The predicted molar refractivity (Wildman–Crippen MR) is 66.1 cm³/mol. The molecule has 0 radical (unpaired) electrons. The molecule has 0 amide bonds. The van der Waals surface area contributed by atoms with Gasteiger partial charge in [0.15, 0.2) is 5.90 Å². The fraction of sp³-hybridized carbons (Fsp3) is 0.500. The fourth-order valence-corrected chi connectivity index (χ4v) is 2.62. The zero-order valence-corrected chi connectivity index (χ0v) is 9.75. The first-order valence-corrected chi connectivity index (χ1v) is 6.26. The van der Waals surface area contributed by atoms with Gasteiger partial charge in [0.05, 0.1) is 12.1 Å². The second-order valence-electron chi connectivity index (χ2n) is 4.88. The van der Waals surface area contributed by atoms with Crippen LogP contribution in [-0.4, -0.2) is 29.3 Å². The van der Waals surface area contributed by atoms with Crippen LogP contribution in [0.1, 0.15) is 24.8 Å². The molecule has 1 saturated carbocycles. The number of ether oxygens (including phenoxy) is 1. The van der Waals surface area contributed by atoms with Crippen molar-refractivity contribution in [1.82, 2.24) is 0 Å². The first-order valence-electron chi connectivity index (χ1n) is 6.26. The van der Waals surface area contributed by atoms with Gasteiger partial charge in [0.1, 0.15) is 6.10 Å². The molecule has 3 heteroatoms. The Balaban J connectivity index is 1.68. The van der Waals surface area contributed by atoms with Gasteiger partial charge >= 0.3 is 0 Å². The Morgan fingerprint density at radius 3 is 2.88 bits per heavy atom. The molecule has 3 atom stereocenters. The molecule has 3 unspecified atom stereocenters. The van der Waals surface area contributed by atoms with Crippen LogP contribution in [-0.2, 0) is 11.2 Å². The molecular formula is C14H17NO2. The molecule has 0 bridgehead atoms. The monoisotopic (exact) mass is 231 g/mol. The van der Waals surface area contributed by atoms with Gasteiger partial charge in [-0.1, -0.05) is 30.3 Å². The average molecular weight is 231 g/mol. The Bertz CT molecular complexity index is 415. The van der Waals surface area contributed by atoms with Gasteiger partial charge in [-0.25, -0.2) is 4.99 Å². The lowest BCUT2D eigenvalue weighted by molar-refractivity contribution is 0.0616. The molecule has 3 rings (SSSR count). The first-order chi connectivity index (χ1) is 8.31. The van der Waals surface area contributed by atoms with Crippen molar-refractivity contribution in [3.05, 3.63) is 35.9 Å². The number of aliphatic hydroxyl groups excluding tert-OH is 1. The maximum Gasteiger partial charge on any atom is 0.188 e. The highest BCUT2D eigenvalue weighted by molar-refractivity contribution is 5.80. The summed E-state index contributed by atoms with van der Waals surface area (Å²) >= 11 is 0. The van der Waals surface area contributed by atoms with E-state index in [9.17, 15) is 5.11 Å². The zero-order chi connectivity index (χ0) is 11.7. The topological polar surface area (TPSA) is 41.8 Å². The van der Waals surface area contributed by atoms with Crippen molar-refractivity contribution < 1.29 is 9.84 Å². The van der Waals surface area contributed by atoms with Gasteiger partial charge < -0.3 is 9.84 Å². The van der Waals surface area contributed by atoms with E-state index < -0.39 is 0 Å². The molecule has 3 nitrogen and oxygen atoms in total. The standard InChI is InChI=1S/C14H17NO2/c16-11-6-7-13-12(9-11)15-14(17-13)8-10-4-2-1-3-5-10/h1-5,11-13,16H,6-9H2. The van der Waals surface area contributed by atoms with Crippen LogP contribution >= 0.6 is 0 Å². The number of aliphatic imine (C=N–C) groups is 1. The van der Waals surface area contributed by atoms with E-state index in [1.165, 1.54) is 5.56 Å². The number of hydrogen-bond acceptors (Lipinski definition) is 3. The minimum Gasteiger partial charge on any atom is -0.475 e. The van der Waals surface area contributed by atoms with E-state index >= 15 is 0 Å². The number of benzene rings is 1. The van der Waals surface area contributed by atoms with Crippen LogP contribution in [0.25, 0.3) is 0 Å². The van der Waals surface area contributed by atoms with Crippen molar-refractivity contribution in [3.63, 3.8) is 0 Å². The minimum atomic E-state index is -0.195. The molecule has 0 spiro atoms. The molecule has 1 aromatic rings. The molecule has 1 aromatic carbocycles. The summed E-state index contributed by atoms with van der Waals surface area (Å²) in [4.78, 5) is 4.59. The Kier molecular flexibility index (Phi) is 2.85. The summed E-state index contributed by atoms with van der Waals surface area (Å²) in [5.74, 6) is 0.834. The lowest BCUT2D eigenvalue weighted by Gasteiger charge is -2.26. The molecule has 1 fully saturated rings. The van der Waals surface area contributed by atoms with Crippen LogP contribution in [0.4, 0.5) is 0 Å². The molecule has 0 aromatic heterocycles. The summed E-state index contributed by atoms with van der Waals surface area (Å²) in [5, 5.41) is 9.61. The second kappa shape index (κ2) is 4.49. The van der Waals surface area contributed by atoms with Crippen molar-refractivity contribution >= 4 is 5.90 Å². The summed E-state index contributed by atoms with van der Waals surface area (Å²) in [6.45, 7) is 0. The maximum absolute atomic E-state index is 9.61. The molecule has 1 aliphatic carbocycles. The van der Waals surface area contributed by atoms with Gasteiger partial charge in [-0.05, 0) is 24.8 Å². The highest BCUT2D eigenvalue weighted by atomic mass is 16.5. The summed E-state index contributed by atoms with van der Waals surface area (Å²) in [6, 6.07) is 10.4. The molecule has 1 heterocycles. The Morgan fingerprint density at radius 1 is 1.24 bits per heavy atom. The van der Waals surface area contributed by atoms with E-state index in [4.69, 9.17) is 4.74 Å². The van der Waals surface area contributed by atoms with E-state index in [1.54, 1.807) is 0 Å². The van der Waals surface area contributed by atoms with Gasteiger partial charge in [0, 0.05) is 6.42 Å². The third-order valence-electron chi connectivity index (χ3n) is 3.52. The van der Waals surface area contributed by atoms with Crippen LogP contribution in [0, 0.1) is 0 Å². The van der Waals surface area contributed by atoms with E-state index in [2.05, 4.69) is 17.1 Å². The molecule has 0 saturated heterocycles. The van der Waals surface area contributed by atoms with E-state index in [0.717, 1.165) is 31.6 Å². The van der Waals surface area contributed by atoms with Crippen molar-refractivity contribution in [2.45, 2.75) is 43.9 Å². The molecule has 90 valence electrons. The van der Waals surface area contributed by atoms with E-state index in [1.807, 2.05) is 18.2 Å². The highest BCUT2D eigenvalue weighted by Gasteiger charge is 2.36. The third kappa shape index (κ3) is 2.34. The molecule has 1 aliphatic heterocycles. The third-order valence-corrected chi connectivity index (χ3v) is 3.52. The number of rotatable bonds is 2. The van der Waals surface area contributed by atoms with Crippen molar-refractivity contribution in [1.29, 1.82) is 0 Å². The lowest BCUT2D eigenvalue weighted by Crippen LogP contribution is -2.33. The summed E-state index contributed by atoms with van der Waals surface area (Å²) in [6.07, 6.45) is 3.30. The SMILES string of the molecule is OC1CCC2OC(Cc3ccccc3)=NC2C1. The normalized spacial score (nSPS) is 31.6. The lowest BCUT2D eigenvalue weighted by atomic mass is 9.91. The molecular weight excluding hydrogens is 214 g/mol. The van der Waals surface area contributed by atoms with Crippen LogP contribution in [0.15, 0.2) is 35.3 Å². The zero-order valence-electron chi connectivity index (χ0n) is 9.75. The summed E-state index contributed by atoms with van der Waals surface area (Å²) < 4.78 is 5.86. The highest BCUT2D eigenvalue weighted by Crippen LogP contribution is 2.29. The smallest absolute Gasteiger partial charge is 0.188 e. The first kappa shape index (κ1) is 10.8. The van der Waals surface area contributed by atoms with Gasteiger partial charge in [0.2, 0.25) is 0 Å². The Labute approximate surface area is 101 Å². The van der Waals surface area contributed by atoms with Gasteiger partial charge in [-0.2, -0.15) is 0 Å². The Morgan fingerprint density at radius 2 is 2.06 bits per heavy atom. The Hall–Kier alpha value is -1.35. The van der Waals surface area contributed by atoms with Crippen LogP contribution in [0.3, 0.4) is 0 Å². The fourth-order valence-electron chi connectivity index (χ4n) is 2.62. The van der Waals surface area contributed by atoms with E-state index in [-0.39, 0.29) is 18.2 Å². The van der Waals surface area contributed by atoms with Gasteiger partial charge in [-0.3, -0.25) is 0 Å².